The Hall–Kier alpha value is -2.35. The summed E-state index contributed by atoms with van der Waals surface area (Å²) in [4.78, 5) is 12.2. The highest BCUT2D eigenvalue weighted by molar-refractivity contribution is 5.87. The second kappa shape index (κ2) is 6.18. The third kappa shape index (κ3) is 3.13. The number of carbonyl (C=O) groups excluding carboxylic acids is 1. The average molecular weight is 334 g/mol. The molecule has 0 radical (unpaired) electrons. The maximum absolute atomic E-state index is 12.2. The van der Waals surface area contributed by atoms with E-state index in [-0.39, 0.29) is 11.4 Å². The molecule has 0 aromatic heterocycles. The summed E-state index contributed by atoms with van der Waals surface area (Å²) in [5, 5.41) is 0. The fourth-order valence-corrected chi connectivity index (χ4v) is 3.68. The lowest BCUT2D eigenvalue weighted by molar-refractivity contribution is -0.166. The van der Waals surface area contributed by atoms with E-state index < -0.39 is 5.60 Å². The Kier molecular flexibility index (Phi) is 4.32. The lowest BCUT2D eigenvalue weighted by atomic mass is 9.76. The smallest absolute Gasteiger partial charge is 0.334 e. The zero-order chi connectivity index (χ0) is 18.2. The van der Waals surface area contributed by atoms with Crippen molar-refractivity contribution in [3.8, 4) is 0 Å². The molecule has 0 aliphatic heterocycles. The number of esters is 1. The zero-order valence-electron chi connectivity index (χ0n) is 15.6. The van der Waals surface area contributed by atoms with E-state index in [9.17, 15) is 4.79 Å². The number of fused-ring (bicyclic) bond motifs is 1. The average Bonchev–Trinajstić information content (AvgIpc) is 2.74. The van der Waals surface area contributed by atoms with Gasteiger partial charge in [0.1, 0.15) is 5.60 Å². The molecule has 2 heteroatoms. The van der Waals surface area contributed by atoms with Gasteiger partial charge in [-0.15, -0.1) is 0 Å². The highest BCUT2D eigenvalue weighted by Crippen LogP contribution is 2.52. The number of hydrogen-bond donors (Lipinski definition) is 0. The summed E-state index contributed by atoms with van der Waals surface area (Å²) in [7, 11) is 0. The van der Waals surface area contributed by atoms with Gasteiger partial charge in [0.05, 0.1) is 0 Å². The van der Waals surface area contributed by atoms with Gasteiger partial charge < -0.3 is 4.74 Å². The standard InChI is InChI=1S/C23H26O2/c1-16(2)21(24)25-23(5)20-12-11-18(13-17-9-7-6-8-10-17)14-19(20)15-22(23,3)4/h6-12,14H,1,13,15H2,2-5H3. The first-order valence-corrected chi connectivity index (χ1v) is 8.78. The van der Waals surface area contributed by atoms with Gasteiger partial charge in [0.15, 0.2) is 0 Å². The first-order valence-electron chi connectivity index (χ1n) is 8.78. The molecule has 0 saturated heterocycles. The lowest BCUT2D eigenvalue weighted by Gasteiger charge is -2.38. The second-order valence-corrected chi connectivity index (χ2v) is 7.92. The monoisotopic (exact) mass is 334 g/mol. The molecule has 0 heterocycles. The topological polar surface area (TPSA) is 26.3 Å². The van der Waals surface area contributed by atoms with E-state index >= 15 is 0 Å². The van der Waals surface area contributed by atoms with Crippen molar-refractivity contribution in [3.05, 3.63) is 82.9 Å². The molecule has 0 N–H and O–H groups in total. The maximum atomic E-state index is 12.2. The Morgan fingerprint density at radius 1 is 1.08 bits per heavy atom. The van der Waals surface area contributed by atoms with E-state index in [1.807, 2.05) is 13.0 Å². The molecule has 0 fully saturated rings. The van der Waals surface area contributed by atoms with Crippen molar-refractivity contribution in [3.63, 3.8) is 0 Å². The summed E-state index contributed by atoms with van der Waals surface area (Å²) >= 11 is 0. The van der Waals surface area contributed by atoms with Crippen molar-refractivity contribution in [2.75, 3.05) is 0 Å². The van der Waals surface area contributed by atoms with Crippen LogP contribution in [-0.4, -0.2) is 5.97 Å². The van der Waals surface area contributed by atoms with Crippen LogP contribution in [0.4, 0.5) is 0 Å². The summed E-state index contributed by atoms with van der Waals surface area (Å²) < 4.78 is 5.92. The van der Waals surface area contributed by atoms with Crippen molar-refractivity contribution in [1.29, 1.82) is 0 Å². The minimum atomic E-state index is -0.635. The van der Waals surface area contributed by atoms with Crippen LogP contribution >= 0.6 is 0 Å². The van der Waals surface area contributed by atoms with Crippen LogP contribution in [0.5, 0.6) is 0 Å². The van der Waals surface area contributed by atoms with Crippen molar-refractivity contribution in [1.82, 2.24) is 0 Å². The fraction of sp³-hybridized carbons (Fsp3) is 0.348. The van der Waals surface area contributed by atoms with Gasteiger partial charge in [-0.2, -0.15) is 0 Å². The van der Waals surface area contributed by atoms with E-state index in [0.717, 1.165) is 18.4 Å². The van der Waals surface area contributed by atoms with Gasteiger partial charge in [0, 0.05) is 11.0 Å². The van der Waals surface area contributed by atoms with Gasteiger partial charge in [0.25, 0.3) is 0 Å². The van der Waals surface area contributed by atoms with Crippen molar-refractivity contribution in [2.24, 2.45) is 5.41 Å². The number of benzene rings is 2. The molecule has 0 bridgehead atoms. The van der Waals surface area contributed by atoms with Crippen molar-refractivity contribution < 1.29 is 9.53 Å². The molecule has 0 amide bonds. The van der Waals surface area contributed by atoms with Crippen LogP contribution in [0, 0.1) is 5.41 Å². The molecule has 130 valence electrons. The Labute approximate surface area is 150 Å². The molecule has 2 aromatic rings. The van der Waals surface area contributed by atoms with Gasteiger partial charge in [-0.1, -0.05) is 69.0 Å². The van der Waals surface area contributed by atoms with Gasteiger partial charge in [0.2, 0.25) is 0 Å². The maximum Gasteiger partial charge on any atom is 0.334 e. The van der Waals surface area contributed by atoms with Crippen LogP contribution in [0.3, 0.4) is 0 Å². The summed E-state index contributed by atoms with van der Waals surface area (Å²) in [6.45, 7) is 11.8. The van der Waals surface area contributed by atoms with Crippen LogP contribution in [0.1, 0.15) is 49.9 Å². The predicted molar refractivity (Wildman–Crippen MR) is 101 cm³/mol. The summed E-state index contributed by atoms with van der Waals surface area (Å²) in [5.74, 6) is -0.322. The molecule has 2 aromatic carbocycles. The Morgan fingerprint density at radius 3 is 2.40 bits per heavy atom. The van der Waals surface area contributed by atoms with E-state index in [1.165, 1.54) is 16.7 Å². The molecule has 25 heavy (non-hydrogen) atoms. The lowest BCUT2D eigenvalue weighted by Crippen LogP contribution is -2.40. The van der Waals surface area contributed by atoms with Crippen LogP contribution < -0.4 is 0 Å². The van der Waals surface area contributed by atoms with E-state index in [0.29, 0.717) is 5.57 Å². The number of carbonyl (C=O) groups is 1. The first kappa shape index (κ1) is 17.5. The number of ether oxygens (including phenoxy) is 1. The molecule has 1 unspecified atom stereocenters. The van der Waals surface area contributed by atoms with Crippen LogP contribution in [-0.2, 0) is 28.0 Å². The number of rotatable bonds is 4. The third-order valence-corrected chi connectivity index (χ3v) is 5.50. The van der Waals surface area contributed by atoms with Crippen LogP contribution in [0.25, 0.3) is 0 Å². The molecule has 1 aliphatic rings. The van der Waals surface area contributed by atoms with Gasteiger partial charge in [-0.3, -0.25) is 0 Å². The van der Waals surface area contributed by atoms with E-state index in [4.69, 9.17) is 4.74 Å². The molecule has 2 nitrogen and oxygen atoms in total. The minimum Gasteiger partial charge on any atom is -0.451 e. The normalized spacial score (nSPS) is 20.8. The zero-order valence-corrected chi connectivity index (χ0v) is 15.6. The molecular formula is C23H26O2. The summed E-state index contributed by atoms with van der Waals surface area (Å²) in [5.41, 5.74) is 4.62. The summed E-state index contributed by atoms with van der Waals surface area (Å²) in [6, 6.07) is 17.0. The third-order valence-electron chi connectivity index (χ3n) is 5.50. The molecule has 0 saturated carbocycles. The van der Waals surface area contributed by atoms with Gasteiger partial charge in [-0.05, 0) is 48.9 Å². The van der Waals surface area contributed by atoms with Crippen LogP contribution in [0.2, 0.25) is 0 Å². The first-order chi connectivity index (χ1) is 11.7. The quantitative estimate of drug-likeness (QED) is 0.568. The Morgan fingerprint density at radius 2 is 1.76 bits per heavy atom. The SMILES string of the molecule is C=C(C)C(=O)OC1(C)c2ccc(Cc3ccccc3)cc2CC1(C)C. The van der Waals surface area contributed by atoms with Crippen LogP contribution in [0.15, 0.2) is 60.7 Å². The molecule has 1 aliphatic carbocycles. The second-order valence-electron chi connectivity index (χ2n) is 7.92. The van der Waals surface area contributed by atoms with Crippen molar-refractivity contribution in [2.45, 2.75) is 46.1 Å². The highest BCUT2D eigenvalue weighted by Gasteiger charge is 2.52. The van der Waals surface area contributed by atoms with Gasteiger partial charge >= 0.3 is 5.97 Å². The number of hydrogen-bond acceptors (Lipinski definition) is 2. The van der Waals surface area contributed by atoms with E-state index in [1.54, 1.807) is 6.92 Å². The summed E-state index contributed by atoms with van der Waals surface area (Å²) in [6.07, 6.45) is 1.81. The molecule has 3 rings (SSSR count). The molecule has 0 spiro atoms. The van der Waals surface area contributed by atoms with Gasteiger partial charge in [-0.25, -0.2) is 4.79 Å². The highest BCUT2D eigenvalue weighted by atomic mass is 16.6. The molecule has 1 atom stereocenters. The van der Waals surface area contributed by atoms with Crippen molar-refractivity contribution >= 4 is 5.97 Å². The largest absolute Gasteiger partial charge is 0.451 e. The minimum absolute atomic E-state index is 0.161. The Balaban J connectivity index is 1.94. The van der Waals surface area contributed by atoms with E-state index in [2.05, 4.69) is 62.9 Å². The molecular weight excluding hydrogens is 308 g/mol. The fourth-order valence-electron chi connectivity index (χ4n) is 3.68. The Bertz CT molecular complexity index is 817. The predicted octanol–water partition coefficient (Wildman–Crippen LogP) is 5.19.